The average Bonchev–Trinajstić information content (AvgIpc) is 2.36. The molecule has 0 aliphatic heterocycles. The van der Waals surface area contributed by atoms with Crippen molar-refractivity contribution in [1.29, 1.82) is 0 Å². The van der Waals surface area contributed by atoms with Gasteiger partial charge in [0.1, 0.15) is 6.20 Å². The molecule has 0 aromatic carbocycles. The van der Waals surface area contributed by atoms with Crippen LogP contribution in [0.25, 0.3) is 0 Å². The van der Waals surface area contributed by atoms with Gasteiger partial charge < -0.3 is 5.21 Å². The van der Waals surface area contributed by atoms with E-state index in [1.807, 2.05) is 0 Å². The van der Waals surface area contributed by atoms with Crippen LogP contribution in [0.1, 0.15) is 6.92 Å². The molecule has 0 bridgehead atoms. The summed E-state index contributed by atoms with van der Waals surface area (Å²) in [4.78, 5) is 3.80. The molecule has 1 rings (SSSR count). The summed E-state index contributed by atoms with van der Waals surface area (Å²) >= 11 is 0. The van der Waals surface area contributed by atoms with Gasteiger partial charge in [-0.05, 0) is 0 Å². The predicted molar refractivity (Wildman–Crippen MR) is 37.9 cm³/mol. The van der Waals surface area contributed by atoms with Crippen molar-refractivity contribution in [3.8, 4) is 0 Å². The van der Waals surface area contributed by atoms with E-state index in [0.717, 1.165) is 4.74 Å². The van der Waals surface area contributed by atoms with Crippen molar-refractivity contribution in [2.24, 2.45) is 0 Å². The molecule has 0 saturated heterocycles. The highest BCUT2D eigenvalue weighted by atomic mass is 16.5. The molecule has 0 radical (unpaired) electrons. The molecule has 1 aromatic heterocycles. The van der Waals surface area contributed by atoms with Crippen LogP contribution in [0.4, 0.5) is 0 Å². The molecule has 0 aliphatic carbocycles. The molecule has 0 spiro atoms. The van der Waals surface area contributed by atoms with Gasteiger partial charge >= 0.3 is 0 Å². The lowest BCUT2D eigenvalue weighted by atomic mass is 10.6. The van der Waals surface area contributed by atoms with Gasteiger partial charge in [0.2, 0.25) is 0 Å². The minimum absolute atomic E-state index is 0.609. The maximum Gasteiger partial charge on any atom is 0.257 e. The van der Waals surface area contributed by atoms with Crippen molar-refractivity contribution in [1.82, 2.24) is 9.55 Å². The predicted octanol–water partition coefficient (Wildman–Crippen LogP) is 0.290. The molecule has 0 aliphatic rings. The van der Waals surface area contributed by atoms with Crippen LogP contribution in [-0.4, -0.2) is 27.2 Å². The molecule has 0 fully saturated rings. The van der Waals surface area contributed by atoms with E-state index in [4.69, 9.17) is 0 Å². The Bertz CT molecular complexity index is 234. The van der Waals surface area contributed by atoms with Gasteiger partial charge in [0.25, 0.3) is 5.84 Å². The zero-order valence-corrected chi connectivity index (χ0v) is 5.98. The lowest BCUT2D eigenvalue weighted by molar-refractivity contribution is -0.425. The van der Waals surface area contributed by atoms with Crippen LogP contribution in [0.5, 0.6) is 0 Å². The smallest absolute Gasteiger partial charge is 0.257 e. The molecular weight excluding hydrogens is 130 g/mol. The number of hydrogen-bond acceptors (Lipinski definition) is 2. The Morgan fingerprint density at radius 1 is 1.70 bits per heavy atom. The van der Waals surface area contributed by atoms with Gasteiger partial charge in [-0.25, -0.2) is 4.98 Å². The molecule has 0 unspecified atom stereocenters. The van der Waals surface area contributed by atoms with Gasteiger partial charge in [-0.2, -0.15) is 4.57 Å². The molecule has 0 saturated carbocycles. The van der Waals surface area contributed by atoms with E-state index in [-0.39, 0.29) is 0 Å². The Morgan fingerprint density at radius 3 is 2.80 bits per heavy atom. The van der Waals surface area contributed by atoms with Gasteiger partial charge in [0.15, 0.2) is 6.33 Å². The fourth-order valence-electron chi connectivity index (χ4n) is 0.613. The van der Waals surface area contributed by atoms with E-state index < -0.39 is 0 Å². The molecule has 1 heterocycles. The van der Waals surface area contributed by atoms with E-state index in [9.17, 15) is 5.21 Å². The summed E-state index contributed by atoms with van der Waals surface area (Å²) in [5.41, 5.74) is 0. The second-order valence-electron chi connectivity index (χ2n) is 2.01. The summed E-state index contributed by atoms with van der Waals surface area (Å²) in [6.45, 7) is 1.73. The Balaban J connectivity index is 2.99. The summed E-state index contributed by atoms with van der Waals surface area (Å²) in [5, 5.41) is 10.7. The quantitative estimate of drug-likeness (QED) is 0.170. The zero-order chi connectivity index (χ0) is 7.56. The highest BCUT2D eigenvalue weighted by Crippen LogP contribution is 1.85. The average molecular weight is 139 g/mol. The first-order valence-corrected chi connectivity index (χ1v) is 2.94. The molecule has 1 aromatic rings. The van der Waals surface area contributed by atoms with Crippen molar-refractivity contribution in [3.05, 3.63) is 23.9 Å². The summed E-state index contributed by atoms with van der Waals surface area (Å²) in [7, 11) is 1.45. The molecule has 0 amide bonds. The normalized spacial score (nSPS) is 13.0. The first-order valence-electron chi connectivity index (χ1n) is 2.94. The number of rotatable bonds is 0. The minimum Gasteiger partial charge on any atom is -0.715 e. The SMILES string of the molecule is C/C(n1ccnc1)=[N+](/C)[O-]. The van der Waals surface area contributed by atoms with E-state index in [2.05, 4.69) is 4.98 Å². The Morgan fingerprint density at radius 2 is 2.40 bits per heavy atom. The minimum atomic E-state index is 0.609. The largest absolute Gasteiger partial charge is 0.715 e. The summed E-state index contributed by atoms with van der Waals surface area (Å²) < 4.78 is 2.45. The first kappa shape index (κ1) is 6.80. The van der Waals surface area contributed by atoms with Gasteiger partial charge in [-0.1, -0.05) is 0 Å². The third kappa shape index (κ3) is 1.15. The molecule has 4 nitrogen and oxygen atoms in total. The molecular formula is C6H9N3O. The van der Waals surface area contributed by atoms with Crippen molar-refractivity contribution in [2.45, 2.75) is 6.92 Å². The summed E-state index contributed by atoms with van der Waals surface area (Å²) in [6, 6.07) is 0. The zero-order valence-electron chi connectivity index (χ0n) is 5.98. The number of hydroxylamine groups is 1. The highest BCUT2D eigenvalue weighted by Gasteiger charge is 2.00. The monoisotopic (exact) mass is 139 g/mol. The number of imidazole rings is 1. The van der Waals surface area contributed by atoms with E-state index >= 15 is 0 Å². The number of hydrogen-bond donors (Lipinski definition) is 0. The van der Waals surface area contributed by atoms with Crippen LogP contribution in [0, 0.1) is 5.21 Å². The van der Waals surface area contributed by atoms with Gasteiger partial charge in [-0.15, -0.1) is 0 Å². The van der Waals surface area contributed by atoms with Crippen molar-refractivity contribution in [3.63, 3.8) is 0 Å². The van der Waals surface area contributed by atoms with E-state index in [1.54, 1.807) is 30.2 Å². The standard InChI is InChI=1S/C6H9N3O/c1-6(8(2)10)9-4-3-7-5-9/h3-5H,1-2H3/b8-6+. The summed E-state index contributed by atoms with van der Waals surface area (Å²) in [5.74, 6) is 0.609. The first-order chi connectivity index (χ1) is 4.72. The Labute approximate surface area is 59.0 Å². The van der Waals surface area contributed by atoms with E-state index in [1.165, 1.54) is 7.05 Å². The molecule has 0 N–H and O–H groups in total. The maximum absolute atomic E-state index is 10.7. The van der Waals surface area contributed by atoms with Crippen LogP contribution in [-0.2, 0) is 0 Å². The van der Waals surface area contributed by atoms with E-state index in [0.29, 0.717) is 5.84 Å². The summed E-state index contributed by atoms with van der Waals surface area (Å²) in [6.07, 6.45) is 4.94. The lowest BCUT2D eigenvalue weighted by Gasteiger charge is -2.03. The number of aromatic nitrogens is 2. The van der Waals surface area contributed by atoms with Crippen molar-refractivity contribution < 1.29 is 4.74 Å². The van der Waals surface area contributed by atoms with Crippen LogP contribution < -0.4 is 0 Å². The highest BCUT2D eigenvalue weighted by molar-refractivity contribution is 5.76. The van der Waals surface area contributed by atoms with Gasteiger partial charge in [-0.3, -0.25) is 4.74 Å². The van der Waals surface area contributed by atoms with Crippen molar-refractivity contribution in [2.75, 3.05) is 7.05 Å². The second kappa shape index (κ2) is 2.51. The fraction of sp³-hybridized carbons (Fsp3) is 0.333. The van der Waals surface area contributed by atoms with Gasteiger partial charge in [0, 0.05) is 6.92 Å². The van der Waals surface area contributed by atoms with Crippen LogP contribution in [0.2, 0.25) is 0 Å². The lowest BCUT2D eigenvalue weighted by Crippen LogP contribution is -2.15. The third-order valence-corrected chi connectivity index (χ3v) is 1.33. The third-order valence-electron chi connectivity index (χ3n) is 1.33. The Hall–Kier alpha value is -1.32. The van der Waals surface area contributed by atoms with Crippen molar-refractivity contribution >= 4 is 5.84 Å². The number of nitrogens with zero attached hydrogens (tertiary/aromatic N) is 3. The van der Waals surface area contributed by atoms with Crippen LogP contribution >= 0.6 is 0 Å². The maximum atomic E-state index is 10.7. The molecule has 0 atom stereocenters. The Kier molecular flexibility index (Phi) is 1.71. The van der Waals surface area contributed by atoms with Crippen LogP contribution in [0.15, 0.2) is 18.7 Å². The molecule has 4 heteroatoms. The topological polar surface area (TPSA) is 43.9 Å². The molecule has 10 heavy (non-hydrogen) atoms. The van der Waals surface area contributed by atoms with Gasteiger partial charge in [0.05, 0.1) is 13.2 Å². The van der Waals surface area contributed by atoms with Crippen LogP contribution in [0.3, 0.4) is 0 Å². The molecule has 54 valence electrons. The fourth-order valence-corrected chi connectivity index (χ4v) is 0.613. The second-order valence-corrected chi connectivity index (χ2v) is 2.01.